The van der Waals surface area contributed by atoms with Crippen LogP contribution < -0.4 is 5.32 Å². The Morgan fingerprint density at radius 1 is 0.625 bits per heavy atom. The molecule has 3 atom stereocenters. The molecule has 0 bridgehead atoms. The van der Waals surface area contributed by atoms with Crippen molar-refractivity contribution in [1.82, 2.24) is 5.32 Å². The summed E-state index contributed by atoms with van der Waals surface area (Å²) in [6.45, 7) is 4.58. The first-order valence-corrected chi connectivity index (χ1v) is 23.5. The minimum absolute atomic E-state index is 0.0366. The normalized spacial score (nSPS) is 15.2. The second-order valence-electron chi connectivity index (χ2n) is 15.7. The molecule has 9 heteroatoms. The van der Waals surface area contributed by atoms with Crippen molar-refractivity contribution in [3.05, 3.63) is 85.1 Å². The molecule has 0 heterocycles. The first kappa shape index (κ1) is 53.7. The lowest BCUT2D eigenvalue weighted by Crippen LogP contribution is -2.45. The van der Waals surface area contributed by atoms with Crippen molar-refractivity contribution in [2.75, 3.05) is 40.9 Å². The summed E-state index contributed by atoms with van der Waals surface area (Å²) in [4.78, 5) is 23.0. The highest BCUT2D eigenvalue weighted by atomic mass is 31.2. The van der Waals surface area contributed by atoms with Crippen molar-refractivity contribution < 1.29 is 32.9 Å². The van der Waals surface area contributed by atoms with E-state index in [0.717, 1.165) is 51.4 Å². The van der Waals surface area contributed by atoms with E-state index in [1.54, 1.807) is 6.08 Å². The van der Waals surface area contributed by atoms with Crippen LogP contribution in [0.5, 0.6) is 0 Å². The third kappa shape index (κ3) is 39.9. The number of aliphatic hydroxyl groups excluding tert-OH is 1. The number of unbranched alkanes of at least 4 members (excludes halogenated alkanes) is 13. The van der Waals surface area contributed by atoms with Gasteiger partial charge in [0.15, 0.2) is 0 Å². The van der Waals surface area contributed by atoms with Crippen molar-refractivity contribution in [3.63, 3.8) is 0 Å². The van der Waals surface area contributed by atoms with Crippen molar-refractivity contribution in [3.8, 4) is 0 Å². The molecule has 0 aliphatic rings. The monoisotopic (exact) mass is 804 g/mol. The van der Waals surface area contributed by atoms with E-state index in [2.05, 4.69) is 79.9 Å². The van der Waals surface area contributed by atoms with Gasteiger partial charge in [-0.05, 0) is 70.6 Å². The summed E-state index contributed by atoms with van der Waals surface area (Å²) in [6, 6.07) is -0.911. The molecule has 0 radical (unpaired) electrons. The Bertz CT molecular complexity index is 1180. The summed E-state index contributed by atoms with van der Waals surface area (Å²) in [5, 5.41) is 13.7. The second-order valence-corrected chi connectivity index (χ2v) is 17.1. The van der Waals surface area contributed by atoms with Crippen LogP contribution in [0.15, 0.2) is 85.1 Å². The number of aliphatic hydroxyl groups is 1. The molecule has 3 N–H and O–H groups in total. The fraction of sp³-hybridized carbons (Fsp3) is 0.681. The number of likely N-dealkylation sites (N-methyl/N-ethyl adjacent to an activating group) is 1. The van der Waals surface area contributed by atoms with Crippen LogP contribution in [0.2, 0.25) is 0 Å². The van der Waals surface area contributed by atoms with Gasteiger partial charge in [-0.1, -0.05) is 163 Å². The largest absolute Gasteiger partial charge is 0.472 e. The summed E-state index contributed by atoms with van der Waals surface area (Å²) in [5.41, 5.74) is 0. The number of amides is 1. The Kier molecular flexibility index (Phi) is 36.6. The SMILES string of the molecule is CC/C=C\C/C=C\C/C=C\C/C=C\CCC(=O)NC(COP(=O)(O)OCC[N+](C)(C)C)C(O)/C=C/CC/C=C/CC/C=C/CCCCCCCCCCCCC. The molecule has 322 valence electrons. The second kappa shape index (κ2) is 38.2. The van der Waals surface area contributed by atoms with Crippen LogP contribution in [0.3, 0.4) is 0 Å². The van der Waals surface area contributed by atoms with E-state index >= 15 is 0 Å². The third-order valence-electron chi connectivity index (χ3n) is 9.09. The number of nitrogens with zero attached hydrogens (tertiary/aromatic N) is 1. The zero-order chi connectivity index (χ0) is 41.4. The molecule has 0 rings (SSSR count). The number of quaternary nitrogens is 1. The summed E-state index contributed by atoms with van der Waals surface area (Å²) < 4.78 is 23.5. The average Bonchev–Trinajstić information content (AvgIpc) is 3.15. The van der Waals surface area contributed by atoms with E-state index in [9.17, 15) is 19.4 Å². The molecule has 0 aromatic rings. The molecule has 0 aliphatic carbocycles. The zero-order valence-corrected chi connectivity index (χ0v) is 37.2. The van der Waals surface area contributed by atoms with Crippen molar-refractivity contribution >= 4 is 13.7 Å². The van der Waals surface area contributed by atoms with Crippen LogP contribution in [0.25, 0.3) is 0 Å². The number of hydrogen-bond donors (Lipinski definition) is 3. The highest BCUT2D eigenvalue weighted by Crippen LogP contribution is 2.43. The van der Waals surface area contributed by atoms with Crippen molar-refractivity contribution in [2.24, 2.45) is 0 Å². The minimum atomic E-state index is -4.37. The molecular weight excluding hydrogens is 719 g/mol. The number of phosphoric ester groups is 1. The Labute approximate surface area is 344 Å². The molecule has 0 saturated carbocycles. The standard InChI is InChI=1S/C47H83N2O6P/c1-6-8-10-12-14-16-18-20-21-22-23-24-25-26-27-29-30-32-34-36-38-40-46(50)45(44-55-56(52,53)54-43-42-49(3,4)5)48-47(51)41-39-37-35-33-31-28-19-17-15-13-11-9-7-2/h9,11,15,17,25-26,28,30-32,35,37-38,40,45-46,50H,6-8,10,12-14,16,18-24,27,29,33-34,36,39,41-44H2,1-5H3,(H-,48,51,52,53)/p+1/b11-9-,17-15-,26-25+,31-28-,32-30+,37-35-,40-38+. The van der Waals surface area contributed by atoms with Crippen LogP contribution in [-0.2, 0) is 18.4 Å². The molecule has 0 fully saturated rings. The predicted molar refractivity (Wildman–Crippen MR) is 239 cm³/mol. The summed E-state index contributed by atoms with van der Waals surface area (Å²) in [6.07, 6.45) is 52.6. The number of carbonyl (C=O) groups is 1. The summed E-state index contributed by atoms with van der Waals surface area (Å²) in [5.74, 6) is -0.275. The maximum absolute atomic E-state index is 12.8. The Morgan fingerprint density at radius 3 is 1.62 bits per heavy atom. The van der Waals surface area contributed by atoms with Gasteiger partial charge >= 0.3 is 7.82 Å². The van der Waals surface area contributed by atoms with Crippen LogP contribution in [0.4, 0.5) is 0 Å². The molecule has 0 spiro atoms. The van der Waals surface area contributed by atoms with Crippen LogP contribution in [0, 0.1) is 0 Å². The van der Waals surface area contributed by atoms with Crippen LogP contribution >= 0.6 is 7.82 Å². The summed E-state index contributed by atoms with van der Waals surface area (Å²) >= 11 is 0. The molecule has 3 unspecified atom stereocenters. The van der Waals surface area contributed by atoms with E-state index in [1.165, 1.54) is 77.0 Å². The Balaban J connectivity index is 4.59. The van der Waals surface area contributed by atoms with E-state index in [-0.39, 0.29) is 25.5 Å². The topological polar surface area (TPSA) is 105 Å². The Hall–Kier alpha value is -2.32. The molecule has 1 amide bonds. The van der Waals surface area contributed by atoms with Gasteiger partial charge in [-0.3, -0.25) is 13.8 Å². The Morgan fingerprint density at radius 2 is 1.09 bits per heavy atom. The van der Waals surface area contributed by atoms with Gasteiger partial charge in [0.25, 0.3) is 0 Å². The number of allylic oxidation sites excluding steroid dienone is 13. The quantitative estimate of drug-likeness (QED) is 0.0248. The zero-order valence-electron chi connectivity index (χ0n) is 36.3. The maximum Gasteiger partial charge on any atom is 0.472 e. The van der Waals surface area contributed by atoms with Crippen LogP contribution in [0.1, 0.15) is 155 Å². The number of nitrogens with one attached hydrogen (secondary N) is 1. The molecular formula is C47H84N2O6P+. The smallest absolute Gasteiger partial charge is 0.387 e. The predicted octanol–water partition coefficient (Wildman–Crippen LogP) is 12.2. The van der Waals surface area contributed by atoms with Gasteiger partial charge in [0.1, 0.15) is 13.2 Å². The van der Waals surface area contributed by atoms with Gasteiger partial charge in [0, 0.05) is 6.42 Å². The third-order valence-corrected chi connectivity index (χ3v) is 10.1. The fourth-order valence-electron chi connectivity index (χ4n) is 5.61. The number of hydrogen-bond acceptors (Lipinski definition) is 5. The van der Waals surface area contributed by atoms with E-state index in [4.69, 9.17) is 9.05 Å². The molecule has 56 heavy (non-hydrogen) atoms. The van der Waals surface area contributed by atoms with Gasteiger partial charge in [-0.25, -0.2) is 4.57 Å². The van der Waals surface area contributed by atoms with Gasteiger partial charge < -0.3 is 19.8 Å². The van der Waals surface area contributed by atoms with E-state index in [1.807, 2.05) is 39.4 Å². The molecule has 0 aliphatic heterocycles. The van der Waals surface area contributed by atoms with Gasteiger partial charge in [-0.2, -0.15) is 0 Å². The van der Waals surface area contributed by atoms with Crippen LogP contribution in [-0.4, -0.2) is 73.4 Å². The van der Waals surface area contributed by atoms with Gasteiger partial charge in [0.2, 0.25) is 5.91 Å². The first-order chi connectivity index (χ1) is 27.0. The lowest BCUT2D eigenvalue weighted by atomic mass is 10.1. The average molecular weight is 804 g/mol. The maximum atomic E-state index is 12.8. The number of rotatable bonds is 38. The van der Waals surface area contributed by atoms with Gasteiger partial charge in [-0.15, -0.1) is 0 Å². The molecule has 0 saturated heterocycles. The van der Waals surface area contributed by atoms with Gasteiger partial charge in [0.05, 0.1) is 39.9 Å². The fourth-order valence-corrected chi connectivity index (χ4v) is 6.35. The number of phosphoric acid groups is 1. The molecule has 0 aromatic carbocycles. The first-order valence-electron chi connectivity index (χ1n) is 22.0. The number of carbonyl (C=O) groups excluding carboxylic acids is 1. The van der Waals surface area contributed by atoms with E-state index < -0.39 is 20.0 Å². The minimum Gasteiger partial charge on any atom is -0.387 e. The summed E-state index contributed by atoms with van der Waals surface area (Å²) in [7, 11) is 1.49. The van der Waals surface area contributed by atoms with Crippen molar-refractivity contribution in [1.29, 1.82) is 0 Å². The van der Waals surface area contributed by atoms with Crippen molar-refractivity contribution in [2.45, 2.75) is 167 Å². The lowest BCUT2D eigenvalue weighted by molar-refractivity contribution is -0.870. The van der Waals surface area contributed by atoms with E-state index in [0.29, 0.717) is 17.4 Å². The lowest BCUT2D eigenvalue weighted by Gasteiger charge is -2.25. The molecule has 0 aromatic heterocycles. The molecule has 8 nitrogen and oxygen atoms in total. The highest BCUT2D eigenvalue weighted by molar-refractivity contribution is 7.47. The highest BCUT2D eigenvalue weighted by Gasteiger charge is 2.27.